The number of ether oxygens (including phenoxy) is 3. The number of hydrogen-bond donors (Lipinski definition) is 0. The third-order valence-electron chi connectivity index (χ3n) is 14.5. The van der Waals surface area contributed by atoms with Crippen LogP contribution in [0.1, 0.15) is 133 Å². The number of allylic oxidation sites excluding steroid dienone is 1. The summed E-state index contributed by atoms with van der Waals surface area (Å²) in [5.41, 5.74) is 1.81. The number of carbonyl (C=O) groups excluding carboxylic acids is 1. The highest BCUT2D eigenvalue weighted by molar-refractivity contribution is 6.74. The molecule has 4 aliphatic carbocycles. The van der Waals surface area contributed by atoms with Crippen molar-refractivity contribution < 1.29 is 23.4 Å². The van der Waals surface area contributed by atoms with Crippen molar-refractivity contribution >= 4 is 14.3 Å². The maximum absolute atomic E-state index is 12.4. The summed E-state index contributed by atoms with van der Waals surface area (Å²) in [6.07, 6.45) is 15.3. The molecule has 0 N–H and O–H groups in total. The lowest BCUT2D eigenvalue weighted by atomic mass is 9.44. The maximum Gasteiger partial charge on any atom is 0.311 e. The van der Waals surface area contributed by atoms with Crippen molar-refractivity contribution in [2.24, 2.45) is 51.8 Å². The van der Waals surface area contributed by atoms with Crippen LogP contribution in [0.15, 0.2) is 11.6 Å². The Hall–Kier alpha value is -0.693. The third kappa shape index (κ3) is 6.73. The molecule has 0 amide bonds. The first kappa shape index (κ1) is 36.6. The van der Waals surface area contributed by atoms with Crippen LogP contribution in [0.3, 0.4) is 0 Å². The predicted molar refractivity (Wildman–Crippen MR) is 190 cm³/mol. The Bertz CT molecular complexity index is 1130. The lowest BCUT2D eigenvalue weighted by Crippen LogP contribution is -2.55. The van der Waals surface area contributed by atoms with E-state index in [2.05, 4.69) is 67.6 Å². The van der Waals surface area contributed by atoms with E-state index in [9.17, 15) is 4.79 Å². The minimum Gasteiger partial charge on any atom is -0.465 e. The second kappa shape index (κ2) is 12.9. The summed E-state index contributed by atoms with van der Waals surface area (Å²) >= 11 is 0. The van der Waals surface area contributed by atoms with Crippen molar-refractivity contribution in [2.45, 2.75) is 163 Å². The van der Waals surface area contributed by atoms with E-state index in [0.717, 1.165) is 36.5 Å². The Morgan fingerprint density at radius 1 is 0.978 bits per heavy atom. The second-order valence-electron chi connectivity index (χ2n) is 19.5. The molecule has 3 saturated carbocycles. The van der Waals surface area contributed by atoms with Gasteiger partial charge < -0.3 is 18.6 Å². The van der Waals surface area contributed by atoms with Gasteiger partial charge in [0.05, 0.1) is 25.2 Å². The zero-order chi connectivity index (χ0) is 33.9. The normalized spacial score (nSPS) is 37.5. The zero-order valence-corrected chi connectivity index (χ0v) is 32.9. The molecule has 0 radical (unpaired) electrons. The molecule has 0 aromatic carbocycles. The Balaban J connectivity index is 1.23. The van der Waals surface area contributed by atoms with E-state index in [1.165, 1.54) is 51.4 Å². The standard InChI is InChI=1S/C40H70O5Si/c1-27(26-42-35(41)36(3,4)5)17-22-40(43-23-24-44-40)28(2)32-15-16-33-31-14-13-29-25-30(45-46(11,12)37(6,7)8)18-20-38(29,9)34(31)19-21-39(32,33)10/h15,27-31,33-34H,13-14,16-26H2,1-12H3/t27-,28+,29+,30+,31+,33+,34+,38+,39-/m1/s1. The molecule has 264 valence electrons. The van der Waals surface area contributed by atoms with Gasteiger partial charge in [0, 0.05) is 18.4 Å². The number of hydrogen-bond acceptors (Lipinski definition) is 5. The molecular formula is C40H70O5Si. The van der Waals surface area contributed by atoms with Gasteiger partial charge in [-0.2, -0.15) is 0 Å². The summed E-state index contributed by atoms with van der Waals surface area (Å²) in [6.45, 7) is 29.3. The minimum absolute atomic E-state index is 0.128. The fourth-order valence-corrected chi connectivity index (χ4v) is 11.9. The number of fused-ring (bicyclic) bond motifs is 5. The largest absolute Gasteiger partial charge is 0.465 e. The van der Waals surface area contributed by atoms with E-state index in [4.69, 9.17) is 18.6 Å². The molecule has 1 aliphatic heterocycles. The summed E-state index contributed by atoms with van der Waals surface area (Å²) in [5.74, 6) is 2.98. The monoisotopic (exact) mass is 658 g/mol. The van der Waals surface area contributed by atoms with E-state index in [1.807, 2.05) is 20.8 Å². The molecule has 5 aliphatic rings. The molecule has 1 saturated heterocycles. The highest BCUT2D eigenvalue weighted by atomic mass is 28.4. The van der Waals surface area contributed by atoms with Crippen molar-refractivity contribution in [1.29, 1.82) is 0 Å². The summed E-state index contributed by atoms with van der Waals surface area (Å²) in [6, 6.07) is 0. The molecule has 0 spiro atoms. The fraction of sp³-hybridized carbons (Fsp3) is 0.925. The fourth-order valence-electron chi connectivity index (χ4n) is 10.5. The van der Waals surface area contributed by atoms with Gasteiger partial charge in [0.15, 0.2) is 14.1 Å². The van der Waals surface area contributed by atoms with Crippen LogP contribution in [0.4, 0.5) is 0 Å². The first-order valence-electron chi connectivity index (χ1n) is 19.1. The van der Waals surface area contributed by atoms with Crippen LogP contribution in [0.5, 0.6) is 0 Å². The highest BCUT2D eigenvalue weighted by Crippen LogP contribution is 2.68. The molecule has 5 rings (SSSR count). The van der Waals surface area contributed by atoms with Gasteiger partial charge in [-0.3, -0.25) is 4.79 Å². The first-order chi connectivity index (χ1) is 21.2. The Kier molecular flexibility index (Phi) is 10.2. The van der Waals surface area contributed by atoms with Crippen molar-refractivity contribution in [3.05, 3.63) is 11.6 Å². The van der Waals surface area contributed by atoms with Gasteiger partial charge in [-0.15, -0.1) is 0 Å². The topological polar surface area (TPSA) is 54.0 Å². The van der Waals surface area contributed by atoms with Gasteiger partial charge in [0.1, 0.15) is 0 Å². The second-order valence-corrected chi connectivity index (χ2v) is 24.3. The lowest BCUT2D eigenvalue weighted by Gasteiger charge is -2.61. The Morgan fingerprint density at radius 3 is 2.28 bits per heavy atom. The summed E-state index contributed by atoms with van der Waals surface area (Å²) in [4.78, 5) is 12.4. The summed E-state index contributed by atoms with van der Waals surface area (Å²) < 4.78 is 25.8. The van der Waals surface area contributed by atoms with Crippen LogP contribution in [0.2, 0.25) is 18.1 Å². The maximum atomic E-state index is 12.4. The van der Waals surface area contributed by atoms with Crippen molar-refractivity contribution in [3.8, 4) is 0 Å². The molecule has 6 heteroatoms. The first-order valence-corrected chi connectivity index (χ1v) is 22.0. The van der Waals surface area contributed by atoms with Gasteiger partial charge >= 0.3 is 5.97 Å². The van der Waals surface area contributed by atoms with Crippen LogP contribution >= 0.6 is 0 Å². The predicted octanol–water partition coefficient (Wildman–Crippen LogP) is 10.3. The van der Waals surface area contributed by atoms with Gasteiger partial charge in [-0.05, 0) is 137 Å². The molecule has 46 heavy (non-hydrogen) atoms. The van der Waals surface area contributed by atoms with Crippen molar-refractivity contribution in [3.63, 3.8) is 0 Å². The van der Waals surface area contributed by atoms with Crippen LogP contribution in [-0.2, 0) is 23.4 Å². The van der Waals surface area contributed by atoms with Crippen LogP contribution < -0.4 is 0 Å². The zero-order valence-electron chi connectivity index (χ0n) is 31.9. The average molecular weight is 659 g/mol. The summed E-state index contributed by atoms with van der Waals surface area (Å²) in [7, 11) is -1.75. The molecule has 5 nitrogen and oxygen atoms in total. The molecule has 0 aromatic heterocycles. The molecule has 0 aromatic rings. The average Bonchev–Trinajstić information content (AvgIpc) is 3.58. The van der Waals surface area contributed by atoms with E-state index in [-0.39, 0.29) is 28.3 Å². The van der Waals surface area contributed by atoms with Crippen molar-refractivity contribution in [2.75, 3.05) is 19.8 Å². The lowest BCUT2D eigenvalue weighted by molar-refractivity contribution is -0.195. The van der Waals surface area contributed by atoms with Gasteiger partial charge in [0.25, 0.3) is 0 Å². The number of rotatable bonds is 9. The molecule has 4 fully saturated rings. The van der Waals surface area contributed by atoms with E-state index >= 15 is 0 Å². The SMILES string of the molecule is C[C@H](CCC1([C@@H](C)C2=CC[C@H]3[C@@H]4CC[C@H]5C[C@@H](O[Si](C)(C)C(C)(C)C)CC[C@]5(C)[C@H]4CC[C@]23C)OCCO1)COC(=O)C(C)(C)C. The summed E-state index contributed by atoms with van der Waals surface area (Å²) in [5, 5.41) is 0.274. The minimum atomic E-state index is -1.75. The highest BCUT2D eigenvalue weighted by Gasteiger charge is 2.61. The number of esters is 1. The van der Waals surface area contributed by atoms with Gasteiger partial charge in [-0.25, -0.2) is 0 Å². The molecule has 9 atom stereocenters. The van der Waals surface area contributed by atoms with Crippen LogP contribution in [0, 0.1) is 51.8 Å². The third-order valence-corrected chi connectivity index (χ3v) is 19.1. The smallest absolute Gasteiger partial charge is 0.311 e. The van der Waals surface area contributed by atoms with Gasteiger partial charge in [-0.1, -0.05) is 60.1 Å². The number of carbonyl (C=O) groups is 1. The Morgan fingerprint density at radius 2 is 1.65 bits per heavy atom. The van der Waals surface area contributed by atoms with Crippen LogP contribution in [-0.4, -0.2) is 46.0 Å². The van der Waals surface area contributed by atoms with Gasteiger partial charge in [0.2, 0.25) is 0 Å². The molecule has 0 bridgehead atoms. The molecule has 0 unspecified atom stereocenters. The van der Waals surface area contributed by atoms with E-state index < -0.39 is 19.5 Å². The molecule has 1 heterocycles. The molecular weight excluding hydrogens is 589 g/mol. The Labute approximate surface area is 283 Å². The van der Waals surface area contributed by atoms with Crippen molar-refractivity contribution in [1.82, 2.24) is 0 Å². The van der Waals surface area contributed by atoms with E-state index in [1.54, 1.807) is 5.57 Å². The quantitative estimate of drug-likeness (QED) is 0.140. The van der Waals surface area contributed by atoms with E-state index in [0.29, 0.717) is 31.3 Å². The van der Waals surface area contributed by atoms with Crippen LogP contribution in [0.25, 0.3) is 0 Å².